The highest BCUT2D eigenvalue weighted by molar-refractivity contribution is 7.89. The number of morpholine rings is 1. The van der Waals surface area contributed by atoms with Gasteiger partial charge >= 0.3 is 0 Å². The molecule has 4 rings (SSSR count). The van der Waals surface area contributed by atoms with Crippen LogP contribution in [0.4, 0.5) is 5.13 Å². The van der Waals surface area contributed by atoms with Gasteiger partial charge < -0.3 is 13.6 Å². The van der Waals surface area contributed by atoms with E-state index in [0.717, 1.165) is 11.3 Å². The fourth-order valence-corrected chi connectivity index (χ4v) is 4.45. The molecule has 1 aliphatic rings. The zero-order chi connectivity index (χ0) is 18.9. The molecular formula is C15H14N4O6S2. The summed E-state index contributed by atoms with van der Waals surface area (Å²) in [6.45, 7) is 1.13. The van der Waals surface area contributed by atoms with Gasteiger partial charge in [0.25, 0.3) is 15.9 Å². The monoisotopic (exact) mass is 410 g/mol. The van der Waals surface area contributed by atoms with Gasteiger partial charge in [-0.1, -0.05) is 11.3 Å². The normalized spacial score (nSPS) is 15.7. The molecule has 142 valence electrons. The average molecular weight is 410 g/mol. The molecule has 12 heteroatoms. The average Bonchev–Trinajstić information content (AvgIpc) is 3.42. The largest absolute Gasteiger partial charge is 0.462 e. The van der Waals surface area contributed by atoms with E-state index in [-0.39, 0.29) is 29.1 Å². The second-order valence-electron chi connectivity index (χ2n) is 5.48. The molecule has 1 saturated heterocycles. The van der Waals surface area contributed by atoms with Crippen molar-refractivity contribution in [2.75, 3.05) is 31.6 Å². The predicted molar refractivity (Wildman–Crippen MR) is 93.9 cm³/mol. The number of amides is 1. The van der Waals surface area contributed by atoms with Crippen molar-refractivity contribution in [3.8, 4) is 10.8 Å². The third-order valence-electron chi connectivity index (χ3n) is 3.75. The highest BCUT2D eigenvalue weighted by Gasteiger charge is 2.30. The van der Waals surface area contributed by atoms with Gasteiger partial charge in [0.05, 0.1) is 19.5 Å². The Bertz CT molecular complexity index is 1030. The van der Waals surface area contributed by atoms with Gasteiger partial charge in [-0.2, -0.15) is 4.31 Å². The molecule has 0 atom stereocenters. The van der Waals surface area contributed by atoms with Gasteiger partial charge in [0.2, 0.25) is 10.2 Å². The van der Waals surface area contributed by atoms with Crippen LogP contribution in [0.3, 0.4) is 0 Å². The maximum absolute atomic E-state index is 12.5. The molecule has 1 fully saturated rings. The zero-order valence-electron chi connectivity index (χ0n) is 13.8. The van der Waals surface area contributed by atoms with Crippen LogP contribution in [0.2, 0.25) is 0 Å². The van der Waals surface area contributed by atoms with E-state index in [1.54, 1.807) is 12.1 Å². The number of nitrogens with zero attached hydrogens (tertiary/aromatic N) is 3. The van der Waals surface area contributed by atoms with Crippen molar-refractivity contribution in [1.82, 2.24) is 14.5 Å². The lowest BCUT2D eigenvalue weighted by Crippen LogP contribution is -2.40. The zero-order valence-corrected chi connectivity index (χ0v) is 15.5. The number of carbonyl (C=O) groups is 1. The molecule has 0 aliphatic carbocycles. The Morgan fingerprint density at radius 1 is 1.19 bits per heavy atom. The Kier molecular flexibility index (Phi) is 4.78. The van der Waals surface area contributed by atoms with Gasteiger partial charge in [0.1, 0.15) is 0 Å². The second kappa shape index (κ2) is 7.23. The first-order chi connectivity index (χ1) is 13.0. The molecule has 1 amide bonds. The van der Waals surface area contributed by atoms with E-state index in [1.165, 1.54) is 22.7 Å². The topological polar surface area (TPSA) is 128 Å². The molecule has 0 saturated carbocycles. The summed E-state index contributed by atoms with van der Waals surface area (Å²) in [6, 6.07) is 6.00. The van der Waals surface area contributed by atoms with Gasteiger partial charge in [-0.25, -0.2) is 8.42 Å². The first kappa shape index (κ1) is 17.9. The van der Waals surface area contributed by atoms with Gasteiger partial charge in [-0.3, -0.25) is 10.1 Å². The number of carbonyl (C=O) groups excluding carboxylic acids is 1. The number of sulfonamides is 1. The standard InChI is InChI=1S/C15H14N4O6S2/c20-13(16-15-18-17-14(26-15)11-2-1-7-24-11)10-3-4-12(25-10)27(21,22)19-5-8-23-9-6-19/h1-4,7H,5-6,8-9H2,(H,16,18,20). The molecule has 0 bridgehead atoms. The van der Waals surface area contributed by atoms with Crippen LogP contribution in [0.5, 0.6) is 0 Å². The first-order valence-electron chi connectivity index (χ1n) is 7.90. The van der Waals surface area contributed by atoms with Crippen molar-refractivity contribution in [2.24, 2.45) is 0 Å². The number of rotatable bonds is 5. The van der Waals surface area contributed by atoms with Crippen LogP contribution < -0.4 is 5.32 Å². The molecule has 0 aromatic carbocycles. The number of hydrogen-bond donors (Lipinski definition) is 1. The highest BCUT2D eigenvalue weighted by Crippen LogP contribution is 2.27. The van der Waals surface area contributed by atoms with Gasteiger partial charge in [0.15, 0.2) is 16.5 Å². The van der Waals surface area contributed by atoms with Crippen molar-refractivity contribution >= 4 is 32.4 Å². The Morgan fingerprint density at radius 2 is 2.00 bits per heavy atom. The van der Waals surface area contributed by atoms with Crippen LogP contribution >= 0.6 is 11.3 Å². The van der Waals surface area contributed by atoms with E-state index in [0.29, 0.717) is 24.0 Å². The van der Waals surface area contributed by atoms with Crippen molar-refractivity contribution in [2.45, 2.75) is 5.09 Å². The van der Waals surface area contributed by atoms with E-state index in [1.807, 2.05) is 0 Å². The summed E-state index contributed by atoms with van der Waals surface area (Å²) in [5.74, 6) is -0.234. The summed E-state index contributed by atoms with van der Waals surface area (Å²) >= 11 is 1.12. The maximum atomic E-state index is 12.5. The Hall–Kier alpha value is -2.54. The van der Waals surface area contributed by atoms with E-state index < -0.39 is 15.9 Å². The molecule has 0 spiro atoms. The van der Waals surface area contributed by atoms with Crippen LogP contribution in [0.15, 0.2) is 44.5 Å². The summed E-state index contributed by atoms with van der Waals surface area (Å²) in [5, 5.41) is 10.8. The van der Waals surface area contributed by atoms with Gasteiger partial charge in [0, 0.05) is 13.1 Å². The van der Waals surface area contributed by atoms with Crippen molar-refractivity contribution in [3.05, 3.63) is 36.3 Å². The molecule has 27 heavy (non-hydrogen) atoms. The second-order valence-corrected chi connectivity index (χ2v) is 8.33. The van der Waals surface area contributed by atoms with Crippen LogP contribution in [-0.4, -0.2) is 55.1 Å². The summed E-state index contributed by atoms with van der Waals surface area (Å²) in [5.41, 5.74) is 0. The quantitative estimate of drug-likeness (QED) is 0.673. The number of ether oxygens (including phenoxy) is 1. The van der Waals surface area contributed by atoms with E-state index >= 15 is 0 Å². The Labute approximate surface area is 157 Å². The molecule has 3 aromatic rings. The first-order valence-corrected chi connectivity index (χ1v) is 10.2. The molecule has 0 radical (unpaired) electrons. The van der Waals surface area contributed by atoms with Gasteiger partial charge in [-0.05, 0) is 24.3 Å². The SMILES string of the molecule is O=C(Nc1nnc(-c2ccco2)s1)c1ccc(S(=O)(=O)N2CCOCC2)o1. The number of furan rings is 2. The molecule has 10 nitrogen and oxygen atoms in total. The molecule has 1 N–H and O–H groups in total. The minimum atomic E-state index is -3.80. The molecule has 0 unspecified atom stereocenters. The summed E-state index contributed by atoms with van der Waals surface area (Å²) in [7, 11) is -3.80. The smallest absolute Gasteiger partial charge is 0.293 e. The number of hydrogen-bond acceptors (Lipinski definition) is 9. The fourth-order valence-electron chi connectivity index (χ4n) is 2.43. The summed E-state index contributed by atoms with van der Waals surface area (Å²) < 4.78 is 42.0. The Balaban J connectivity index is 1.47. The van der Waals surface area contributed by atoms with Crippen molar-refractivity contribution in [3.63, 3.8) is 0 Å². The number of anilines is 1. The molecule has 4 heterocycles. The molecule has 1 aliphatic heterocycles. The lowest BCUT2D eigenvalue weighted by molar-refractivity contribution is 0.0723. The number of aromatic nitrogens is 2. The third-order valence-corrected chi connectivity index (χ3v) is 6.37. The van der Waals surface area contributed by atoms with Crippen molar-refractivity contribution in [1.29, 1.82) is 0 Å². The van der Waals surface area contributed by atoms with Crippen molar-refractivity contribution < 1.29 is 26.8 Å². The van der Waals surface area contributed by atoms with E-state index in [2.05, 4.69) is 15.5 Å². The summed E-state index contributed by atoms with van der Waals surface area (Å²) in [6.07, 6.45) is 1.51. The third kappa shape index (κ3) is 3.64. The summed E-state index contributed by atoms with van der Waals surface area (Å²) in [4.78, 5) is 12.3. The maximum Gasteiger partial charge on any atom is 0.293 e. The van der Waals surface area contributed by atoms with E-state index in [4.69, 9.17) is 13.6 Å². The lowest BCUT2D eigenvalue weighted by atomic mass is 10.4. The minimum absolute atomic E-state index is 0.142. The van der Waals surface area contributed by atoms with Crippen LogP contribution in [0.1, 0.15) is 10.6 Å². The lowest BCUT2D eigenvalue weighted by Gasteiger charge is -2.24. The highest BCUT2D eigenvalue weighted by atomic mass is 32.2. The minimum Gasteiger partial charge on any atom is -0.462 e. The van der Waals surface area contributed by atoms with Gasteiger partial charge in [-0.15, -0.1) is 10.2 Å². The van der Waals surface area contributed by atoms with Crippen LogP contribution in [0, 0.1) is 0 Å². The number of nitrogens with one attached hydrogen (secondary N) is 1. The van der Waals surface area contributed by atoms with Crippen LogP contribution in [-0.2, 0) is 14.8 Å². The fraction of sp³-hybridized carbons (Fsp3) is 0.267. The predicted octanol–water partition coefficient (Wildman–Crippen LogP) is 1.66. The van der Waals surface area contributed by atoms with E-state index in [9.17, 15) is 13.2 Å². The van der Waals surface area contributed by atoms with Crippen LogP contribution in [0.25, 0.3) is 10.8 Å². The Morgan fingerprint density at radius 3 is 2.74 bits per heavy atom. The molecule has 3 aromatic heterocycles. The molecular weight excluding hydrogens is 396 g/mol.